The molecule has 1 fully saturated rings. The van der Waals surface area contributed by atoms with E-state index in [2.05, 4.69) is 4.98 Å². The van der Waals surface area contributed by atoms with E-state index >= 15 is 0 Å². The van der Waals surface area contributed by atoms with Crippen LogP contribution in [0, 0.1) is 12.8 Å². The Bertz CT molecular complexity index is 1010. The molecule has 1 aliphatic heterocycles. The predicted molar refractivity (Wildman–Crippen MR) is 119 cm³/mol. The zero-order chi connectivity index (χ0) is 22.6. The fraction of sp³-hybridized carbons (Fsp3) is 0.478. The molecule has 1 amide bonds. The highest BCUT2D eigenvalue weighted by Crippen LogP contribution is 2.26. The summed E-state index contributed by atoms with van der Waals surface area (Å²) in [6.45, 7) is 7.52. The lowest BCUT2D eigenvalue weighted by Gasteiger charge is -2.31. The van der Waals surface area contributed by atoms with Gasteiger partial charge in [-0.3, -0.25) is 4.98 Å². The Morgan fingerprint density at radius 3 is 2.45 bits per heavy atom. The van der Waals surface area contributed by atoms with Gasteiger partial charge in [0.15, 0.2) is 9.84 Å². The number of piperidine rings is 1. The third kappa shape index (κ3) is 6.19. The molecule has 1 aliphatic rings. The van der Waals surface area contributed by atoms with Crippen LogP contribution >= 0.6 is 0 Å². The molecule has 3 rings (SSSR count). The SMILES string of the molecule is Cc1cc(S(C)(=O)=O)ccc1-c1ccc(OCC2CCN(C(=O)OC(C)C)CC2)cn1. The van der Waals surface area contributed by atoms with Crippen molar-refractivity contribution in [3.8, 4) is 17.0 Å². The van der Waals surface area contributed by atoms with Gasteiger partial charge in [0.25, 0.3) is 0 Å². The standard InChI is InChI=1S/C23H30N2O5S/c1-16(2)30-23(26)25-11-9-18(10-12-25)15-29-19-5-8-22(24-14-19)21-7-6-20(13-17(21)3)31(4,27)28/h5-8,13-14,16,18H,9-12,15H2,1-4H3. The number of aryl methyl sites for hydroxylation is 1. The number of aromatic nitrogens is 1. The third-order valence-corrected chi connectivity index (χ3v) is 6.44. The summed E-state index contributed by atoms with van der Waals surface area (Å²) in [6, 6.07) is 8.81. The first-order chi connectivity index (χ1) is 14.6. The smallest absolute Gasteiger partial charge is 0.410 e. The number of amides is 1. The summed E-state index contributed by atoms with van der Waals surface area (Å²) < 4.78 is 34.6. The van der Waals surface area contributed by atoms with Crippen molar-refractivity contribution >= 4 is 15.9 Å². The van der Waals surface area contributed by atoms with Crippen molar-refractivity contribution in [3.63, 3.8) is 0 Å². The van der Waals surface area contributed by atoms with Crippen LogP contribution < -0.4 is 4.74 Å². The fourth-order valence-electron chi connectivity index (χ4n) is 3.55. The summed E-state index contributed by atoms with van der Waals surface area (Å²) in [5, 5.41) is 0. The maximum atomic E-state index is 12.0. The highest BCUT2D eigenvalue weighted by molar-refractivity contribution is 7.90. The normalized spacial score (nSPS) is 15.2. The van der Waals surface area contributed by atoms with Gasteiger partial charge in [-0.25, -0.2) is 13.2 Å². The molecule has 8 heteroatoms. The van der Waals surface area contributed by atoms with Crippen molar-refractivity contribution in [2.75, 3.05) is 26.0 Å². The number of likely N-dealkylation sites (tertiary alicyclic amines) is 1. The van der Waals surface area contributed by atoms with Gasteiger partial charge in [-0.05, 0) is 69.4 Å². The maximum absolute atomic E-state index is 12.0. The Balaban J connectivity index is 1.53. The second kappa shape index (κ2) is 9.68. The molecule has 0 aliphatic carbocycles. The van der Waals surface area contributed by atoms with Crippen molar-refractivity contribution in [2.24, 2.45) is 5.92 Å². The van der Waals surface area contributed by atoms with Gasteiger partial charge < -0.3 is 14.4 Å². The lowest BCUT2D eigenvalue weighted by atomic mass is 9.98. The highest BCUT2D eigenvalue weighted by Gasteiger charge is 2.24. The molecule has 2 heterocycles. The fourth-order valence-corrected chi connectivity index (χ4v) is 4.26. The Hall–Kier alpha value is -2.61. The number of pyridine rings is 1. The van der Waals surface area contributed by atoms with E-state index in [0.717, 1.165) is 29.7 Å². The molecular weight excluding hydrogens is 416 g/mol. The van der Waals surface area contributed by atoms with E-state index in [9.17, 15) is 13.2 Å². The number of carbonyl (C=O) groups excluding carboxylic acids is 1. The summed E-state index contributed by atoms with van der Waals surface area (Å²) in [7, 11) is -3.23. The van der Waals surface area contributed by atoms with Crippen LogP contribution in [0.5, 0.6) is 5.75 Å². The largest absolute Gasteiger partial charge is 0.492 e. The Morgan fingerprint density at radius 2 is 1.90 bits per heavy atom. The Kier molecular flexibility index (Phi) is 7.20. The molecule has 0 radical (unpaired) electrons. The van der Waals surface area contributed by atoms with Gasteiger partial charge in [0, 0.05) is 24.9 Å². The monoisotopic (exact) mass is 446 g/mol. The van der Waals surface area contributed by atoms with Crippen molar-refractivity contribution < 1.29 is 22.7 Å². The summed E-state index contributed by atoms with van der Waals surface area (Å²) in [5.41, 5.74) is 2.51. The van der Waals surface area contributed by atoms with Crippen molar-refractivity contribution in [1.29, 1.82) is 0 Å². The number of hydrogen-bond acceptors (Lipinski definition) is 6. The summed E-state index contributed by atoms with van der Waals surface area (Å²) >= 11 is 0. The molecule has 1 saturated heterocycles. The lowest BCUT2D eigenvalue weighted by molar-refractivity contribution is 0.0608. The number of benzene rings is 1. The number of rotatable bonds is 6. The first-order valence-electron chi connectivity index (χ1n) is 10.5. The topological polar surface area (TPSA) is 85.8 Å². The van der Waals surface area contributed by atoms with Gasteiger partial charge in [0.1, 0.15) is 5.75 Å². The van der Waals surface area contributed by atoms with E-state index < -0.39 is 9.84 Å². The maximum Gasteiger partial charge on any atom is 0.410 e. The minimum Gasteiger partial charge on any atom is -0.492 e. The second-order valence-electron chi connectivity index (χ2n) is 8.30. The van der Waals surface area contributed by atoms with Crippen LogP contribution in [-0.2, 0) is 14.6 Å². The first kappa shape index (κ1) is 23.1. The summed E-state index contributed by atoms with van der Waals surface area (Å²) in [4.78, 5) is 18.5. The third-order valence-electron chi connectivity index (χ3n) is 5.33. The van der Waals surface area contributed by atoms with Crippen LogP contribution in [0.1, 0.15) is 32.3 Å². The van der Waals surface area contributed by atoms with Gasteiger partial charge in [0.05, 0.1) is 29.5 Å². The quantitative estimate of drug-likeness (QED) is 0.664. The molecule has 7 nitrogen and oxygen atoms in total. The van der Waals surface area contributed by atoms with Gasteiger partial charge in [-0.1, -0.05) is 6.07 Å². The van der Waals surface area contributed by atoms with Crippen LogP contribution in [0.15, 0.2) is 41.4 Å². The van der Waals surface area contributed by atoms with Gasteiger partial charge in [0.2, 0.25) is 0 Å². The average molecular weight is 447 g/mol. The number of ether oxygens (including phenoxy) is 2. The zero-order valence-electron chi connectivity index (χ0n) is 18.5. The number of sulfone groups is 1. The van der Waals surface area contributed by atoms with Gasteiger partial charge in [-0.15, -0.1) is 0 Å². The molecule has 31 heavy (non-hydrogen) atoms. The molecular formula is C23H30N2O5S. The second-order valence-corrected chi connectivity index (χ2v) is 10.3. The highest BCUT2D eigenvalue weighted by atomic mass is 32.2. The van der Waals surface area contributed by atoms with E-state index in [-0.39, 0.29) is 12.2 Å². The van der Waals surface area contributed by atoms with E-state index in [4.69, 9.17) is 9.47 Å². The van der Waals surface area contributed by atoms with Crippen LogP contribution in [0.3, 0.4) is 0 Å². The Morgan fingerprint density at radius 1 is 1.19 bits per heavy atom. The van der Waals surface area contributed by atoms with E-state index in [0.29, 0.717) is 36.3 Å². The molecule has 2 aromatic rings. The van der Waals surface area contributed by atoms with Crippen LogP contribution in [0.4, 0.5) is 4.79 Å². The van der Waals surface area contributed by atoms with Crippen LogP contribution in [0.25, 0.3) is 11.3 Å². The van der Waals surface area contributed by atoms with Crippen molar-refractivity contribution in [1.82, 2.24) is 9.88 Å². The Labute approximate surface area is 184 Å². The van der Waals surface area contributed by atoms with Gasteiger partial charge >= 0.3 is 6.09 Å². The molecule has 0 spiro atoms. The van der Waals surface area contributed by atoms with Crippen molar-refractivity contribution in [2.45, 2.75) is 44.6 Å². The number of carbonyl (C=O) groups is 1. The molecule has 168 valence electrons. The molecule has 0 unspecified atom stereocenters. The molecule has 1 aromatic heterocycles. The molecule has 0 N–H and O–H groups in total. The minimum absolute atomic E-state index is 0.106. The van der Waals surface area contributed by atoms with Crippen LogP contribution in [0.2, 0.25) is 0 Å². The van der Waals surface area contributed by atoms with E-state index in [1.54, 1.807) is 29.3 Å². The zero-order valence-corrected chi connectivity index (χ0v) is 19.3. The number of hydrogen-bond donors (Lipinski definition) is 0. The van der Waals surface area contributed by atoms with E-state index in [1.165, 1.54) is 6.26 Å². The van der Waals surface area contributed by atoms with Crippen molar-refractivity contribution in [3.05, 3.63) is 42.1 Å². The minimum atomic E-state index is -3.23. The van der Waals surface area contributed by atoms with Crippen LogP contribution in [-0.4, -0.2) is 56.5 Å². The molecule has 0 bridgehead atoms. The lowest BCUT2D eigenvalue weighted by Crippen LogP contribution is -2.40. The first-order valence-corrected chi connectivity index (χ1v) is 12.4. The predicted octanol–water partition coefficient (Wildman–Crippen LogP) is 4.10. The molecule has 0 saturated carbocycles. The summed E-state index contributed by atoms with van der Waals surface area (Å²) in [6.07, 6.45) is 4.30. The number of nitrogens with zero attached hydrogens (tertiary/aromatic N) is 2. The average Bonchev–Trinajstić information content (AvgIpc) is 2.72. The van der Waals surface area contributed by atoms with E-state index in [1.807, 2.05) is 32.9 Å². The molecule has 1 aromatic carbocycles. The summed E-state index contributed by atoms with van der Waals surface area (Å²) in [5.74, 6) is 1.07. The van der Waals surface area contributed by atoms with Gasteiger partial charge in [-0.2, -0.15) is 0 Å². The molecule has 0 atom stereocenters.